The normalized spacial score (nSPS) is 26.6. The number of amidine groups is 4. The molecule has 4 aliphatic heterocycles. The smallest absolute Gasteiger partial charge is 0.272 e. The van der Waals surface area contributed by atoms with Gasteiger partial charge in [0.15, 0.2) is 23.3 Å². The van der Waals surface area contributed by atoms with Crippen molar-refractivity contribution in [1.29, 1.82) is 0 Å². The van der Waals surface area contributed by atoms with E-state index in [0.717, 1.165) is 22.6 Å². The van der Waals surface area contributed by atoms with Crippen molar-refractivity contribution < 1.29 is 0 Å². The van der Waals surface area contributed by atoms with Gasteiger partial charge >= 0.3 is 0 Å². The van der Waals surface area contributed by atoms with Crippen LogP contribution < -0.4 is 11.0 Å². The van der Waals surface area contributed by atoms with Crippen LogP contribution in [0, 0.1) is 0 Å². The maximum Gasteiger partial charge on any atom is 0.272 e. The maximum absolute atomic E-state index is 4.76. The summed E-state index contributed by atoms with van der Waals surface area (Å²) in [6.07, 6.45) is 7.53. The first-order valence-corrected chi connectivity index (χ1v) is 11.6. The summed E-state index contributed by atoms with van der Waals surface area (Å²) in [5.74, 6) is 4.25. The summed E-state index contributed by atoms with van der Waals surface area (Å²) >= 11 is 0. The van der Waals surface area contributed by atoms with Crippen LogP contribution in [0.25, 0.3) is 0 Å². The van der Waals surface area contributed by atoms with Gasteiger partial charge in [-0.1, -0.05) is 0 Å². The molecule has 0 unspecified atom stereocenters. The lowest BCUT2D eigenvalue weighted by Crippen LogP contribution is -2.54. The molecule has 0 spiro atoms. The van der Waals surface area contributed by atoms with Gasteiger partial charge in [0, 0.05) is 0 Å². The topological polar surface area (TPSA) is 84.0 Å². The minimum Gasteiger partial charge on any atom is -0.320 e. The SMILES string of the molecule is C[Si]1(C)n2c3ccc2/N=C2/C=CC(=N2)/N=c2/cc/c(n21)=N/C1=NC(=N\3)/C=C1. The van der Waals surface area contributed by atoms with E-state index in [1.807, 2.05) is 48.6 Å². The molecule has 0 atom stereocenters. The van der Waals surface area contributed by atoms with Crippen LogP contribution >= 0.6 is 0 Å². The van der Waals surface area contributed by atoms with Crippen LogP contribution in [0.5, 0.6) is 0 Å². The van der Waals surface area contributed by atoms with E-state index in [4.69, 9.17) is 20.0 Å². The average molecular weight is 370 g/mol. The minimum absolute atomic E-state index is 0.648. The molecule has 2 aromatic rings. The quantitative estimate of drug-likeness (QED) is 0.632. The first-order chi connectivity index (χ1) is 13.1. The Balaban J connectivity index is 1.86. The highest BCUT2D eigenvalue weighted by atomic mass is 28.3. The fourth-order valence-electron chi connectivity index (χ4n) is 3.80. The number of aliphatic imine (C=N–C) groups is 4. The summed E-state index contributed by atoms with van der Waals surface area (Å²) in [5, 5.41) is 0. The van der Waals surface area contributed by atoms with Crippen molar-refractivity contribution in [3.63, 3.8) is 0 Å². The lowest BCUT2D eigenvalue weighted by atomic mass is 10.5. The average Bonchev–Trinajstić information content (AvgIpc) is 3.38. The van der Waals surface area contributed by atoms with Gasteiger partial charge in [-0.25, -0.2) is 30.0 Å². The third-order valence-corrected chi connectivity index (χ3v) is 8.02. The van der Waals surface area contributed by atoms with Crippen molar-refractivity contribution in [2.24, 2.45) is 30.0 Å². The zero-order valence-electron chi connectivity index (χ0n) is 14.7. The van der Waals surface area contributed by atoms with Crippen LogP contribution in [-0.4, -0.2) is 40.2 Å². The van der Waals surface area contributed by atoms with E-state index in [-0.39, 0.29) is 0 Å². The number of nitrogens with zero attached hydrogens (tertiary/aromatic N) is 8. The summed E-state index contributed by atoms with van der Waals surface area (Å²) in [4.78, 5) is 28.1. The van der Waals surface area contributed by atoms with Crippen LogP contribution in [0.3, 0.4) is 0 Å². The summed E-state index contributed by atoms with van der Waals surface area (Å²) in [6.45, 7) is 4.49. The molecule has 0 amide bonds. The largest absolute Gasteiger partial charge is 0.320 e. The van der Waals surface area contributed by atoms with E-state index >= 15 is 0 Å². The number of hydrogen-bond acceptors (Lipinski definition) is 6. The van der Waals surface area contributed by atoms with Gasteiger partial charge < -0.3 is 8.47 Å². The van der Waals surface area contributed by atoms with E-state index < -0.39 is 8.40 Å². The van der Waals surface area contributed by atoms with E-state index in [1.165, 1.54) is 0 Å². The highest BCUT2D eigenvalue weighted by Crippen LogP contribution is 2.31. The molecular formula is C18H14N8Si. The Labute approximate surface area is 154 Å². The lowest BCUT2D eigenvalue weighted by molar-refractivity contribution is 0.919. The van der Waals surface area contributed by atoms with Crippen molar-refractivity contribution >= 4 is 43.4 Å². The van der Waals surface area contributed by atoms with Gasteiger partial charge in [-0.2, -0.15) is 0 Å². The van der Waals surface area contributed by atoms with Gasteiger partial charge in [-0.05, 0) is 61.7 Å². The highest BCUT2D eigenvalue weighted by molar-refractivity contribution is 6.75. The van der Waals surface area contributed by atoms with Gasteiger partial charge in [0.25, 0.3) is 8.40 Å². The Hall–Kier alpha value is -3.46. The molecule has 0 aromatic carbocycles. The van der Waals surface area contributed by atoms with Crippen LogP contribution in [-0.2, 0) is 0 Å². The second-order valence-corrected chi connectivity index (χ2v) is 10.9. The van der Waals surface area contributed by atoms with Crippen molar-refractivity contribution in [1.82, 2.24) is 8.47 Å². The molecule has 6 bridgehead atoms. The molecule has 4 aliphatic rings. The molecule has 6 rings (SSSR count). The van der Waals surface area contributed by atoms with Crippen molar-refractivity contribution in [2.45, 2.75) is 13.1 Å². The molecule has 9 heteroatoms. The maximum atomic E-state index is 4.76. The minimum atomic E-state index is -2.37. The first kappa shape index (κ1) is 14.7. The molecule has 0 saturated heterocycles. The van der Waals surface area contributed by atoms with Gasteiger partial charge in [-0.3, -0.25) is 0 Å². The van der Waals surface area contributed by atoms with E-state index in [9.17, 15) is 0 Å². The Bertz CT molecular complexity index is 1250. The zero-order chi connectivity index (χ0) is 18.2. The molecule has 130 valence electrons. The fraction of sp³-hybridized carbons (Fsp3) is 0.111. The molecular weight excluding hydrogens is 356 g/mol. The molecule has 0 saturated carbocycles. The molecule has 0 N–H and O–H groups in total. The number of rotatable bonds is 0. The molecule has 6 heterocycles. The predicted octanol–water partition coefficient (Wildman–Crippen LogP) is 1.65. The first-order valence-electron chi connectivity index (χ1n) is 8.67. The van der Waals surface area contributed by atoms with E-state index in [0.29, 0.717) is 23.3 Å². The lowest BCUT2D eigenvalue weighted by Gasteiger charge is -2.29. The van der Waals surface area contributed by atoms with Crippen LogP contribution in [0.1, 0.15) is 0 Å². The van der Waals surface area contributed by atoms with Crippen molar-refractivity contribution in [3.05, 3.63) is 59.5 Å². The molecule has 0 fully saturated rings. The number of aromatic nitrogens is 2. The third-order valence-electron chi connectivity index (χ3n) is 4.91. The Morgan fingerprint density at radius 3 is 1.48 bits per heavy atom. The van der Waals surface area contributed by atoms with E-state index in [1.54, 1.807) is 0 Å². The molecule has 0 radical (unpaired) electrons. The fourth-order valence-corrected chi connectivity index (χ4v) is 6.74. The number of fused-ring (bicyclic) bond motifs is 2. The van der Waals surface area contributed by atoms with Gasteiger partial charge in [-0.15, -0.1) is 0 Å². The highest BCUT2D eigenvalue weighted by Gasteiger charge is 2.34. The van der Waals surface area contributed by atoms with Crippen LogP contribution in [0.2, 0.25) is 13.1 Å². The van der Waals surface area contributed by atoms with Gasteiger partial charge in [0.2, 0.25) is 0 Å². The Morgan fingerprint density at radius 2 is 1.00 bits per heavy atom. The Kier molecular flexibility index (Phi) is 2.62. The van der Waals surface area contributed by atoms with Gasteiger partial charge in [0.1, 0.15) is 22.6 Å². The zero-order valence-corrected chi connectivity index (χ0v) is 15.7. The second-order valence-electron chi connectivity index (χ2n) is 7.03. The molecule has 8 nitrogen and oxygen atoms in total. The van der Waals surface area contributed by atoms with Gasteiger partial charge in [0.05, 0.1) is 0 Å². The summed E-state index contributed by atoms with van der Waals surface area (Å²) in [7, 11) is -2.37. The predicted molar refractivity (Wildman–Crippen MR) is 107 cm³/mol. The Morgan fingerprint density at radius 1 is 0.556 bits per heavy atom. The van der Waals surface area contributed by atoms with Crippen LogP contribution in [0.4, 0.5) is 11.6 Å². The third kappa shape index (κ3) is 2.02. The number of hydrogen-bond donors (Lipinski definition) is 0. The summed E-state index contributed by atoms with van der Waals surface area (Å²) in [6, 6.07) is 7.95. The van der Waals surface area contributed by atoms with Crippen LogP contribution in [0.15, 0.2) is 78.5 Å². The standard InChI is InChI=1S/C18H14N8Si/c1-27(2)25-15-7-8-17(25)23-13-5-6-14(20-13)24-18-10-9-16(26(18)27)22-12-4-3-11(19-12)21-15/h3-10H,1-2H3/b21-11-,21-15?,22-12?,22-16-,23-13-,23-17?,24-14?,24-18-. The molecule has 27 heavy (non-hydrogen) atoms. The van der Waals surface area contributed by atoms with Crippen molar-refractivity contribution in [2.75, 3.05) is 0 Å². The summed E-state index contributed by atoms with van der Waals surface area (Å²) in [5.41, 5.74) is 1.66. The summed E-state index contributed by atoms with van der Waals surface area (Å²) < 4.78 is 4.43. The van der Waals surface area contributed by atoms with E-state index in [2.05, 4.69) is 31.5 Å². The second kappa shape index (κ2) is 4.83. The van der Waals surface area contributed by atoms with Crippen molar-refractivity contribution in [3.8, 4) is 0 Å². The molecule has 0 aliphatic carbocycles. The molecule has 2 aromatic heterocycles. The monoisotopic (exact) mass is 370 g/mol.